The lowest BCUT2D eigenvalue weighted by Crippen LogP contribution is -2.10. The molecule has 0 amide bonds. The fraction of sp³-hybridized carbons (Fsp3) is 0.364. The van der Waals surface area contributed by atoms with Crippen LogP contribution in [0.4, 0.5) is 0 Å². The highest BCUT2D eigenvalue weighted by atomic mass is 16.5. The van der Waals surface area contributed by atoms with E-state index in [0.29, 0.717) is 5.56 Å². The van der Waals surface area contributed by atoms with Crippen LogP contribution in [0.5, 0.6) is 5.75 Å². The molecule has 1 rings (SSSR count). The van der Waals surface area contributed by atoms with Crippen LogP contribution >= 0.6 is 0 Å². The first-order chi connectivity index (χ1) is 7.24. The van der Waals surface area contributed by atoms with Gasteiger partial charge in [-0.05, 0) is 31.3 Å². The summed E-state index contributed by atoms with van der Waals surface area (Å²) in [4.78, 5) is 0. The number of nitrogen functional groups attached to an aromatic ring is 1. The largest absolute Gasteiger partial charge is 0.497 e. The second-order valence-corrected chi connectivity index (χ2v) is 2.14. The molecule has 5 N–H and O–H groups in total. The van der Waals surface area contributed by atoms with Crippen molar-refractivity contribution >= 4 is 5.84 Å². The molecule has 86 valence electrons. The topological polar surface area (TPSA) is 85.1 Å². The maximum atomic E-state index is 7.10. The van der Waals surface area contributed by atoms with Gasteiger partial charge in [0.2, 0.25) is 0 Å². The highest BCUT2D eigenvalue weighted by molar-refractivity contribution is 5.94. The van der Waals surface area contributed by atoms with Gasteiger partial charge in [-0.1, -0.05) is 13.8 Å². The van der Waals surface area contributed by atoms with E-state index in [2.05, 4.69) is 5.73 Å². The molecule has 0 fully saturated rings. The van der Waals surface area contributed by atoms with E-state index in [4.69, 9.17) is 15.9 Å². The van der Waals surface area contributed by atoms with Crippen molar-refractivity contribution in [2.45, 2.75) is 13.8 Å². The third-order valence-electron chi connectivity index (χ3n) is 1.40. The highest BCUT2D eigenvalue weighted by Crippen LogP contribution is 2.10. The van der Waals surface area contributed by atoms with Crippen LogP contribution in [-0.4, -0.2) is 20.0 Å². The Balaban J connectivity index is 0. The second kappa shape index (κ2) is 10.5. The Hall–Kier alpha value is -1.55. The van der Waals surface area contributed by atoms with Crippen LogP contribution in [0.2, 0.25) is 0 Å². The van der Waals surface area contributed by atoms with Crippen molar-refractivity contribution in [2.24, 2.45) is 11.5 Å². The Morgan fingerprint density at radius 3 is 1.80 bits per heavy atom. The monoisotopic (exact) mass is 211 g/mol. The quantitative estimate of drug-likeness (QED) is 0.513. The van der Waals surface area contributed by atoms with Crippen molar-refractivity contribution in [3.05, 3.63) is 29.8 Å². The lowest BCUT2D eigenvalue weighted by atomic mass is 10.2. The number of hydrogen-bond donors (Lipinski definition) is 3. The van der Waals surface area contributed by atoms with Crippen LogP contribution in [0.3, 0.4) is 0 Å². The zero-order valence-electron chi connectivity index (χ0n) is 9.87. The summed E-state index contributed by atoms with van der Waals surface area (Å²) in [7, 11) is 3.10. The van der Waals surface area contributed by atoms with Gasteiger partial charge in [-0.2, -0.15) is 0 Å². The van der Waals surface area contributed by atoms with Crippen LogP contribution in [-0.2, 0) is 0 Å². The Morgan fingerprint density at radius 1 is 1.13 bits per heavy atom. The Kier molecular flexibility index (Phi) is 11.2. The zero-order chi connectivity index (χ0) is 12.3. The number of nitrogens with two attached hydrogens (primary N) is 2. The first kappa shape index (κ1) is 15.9. The summed E-state index contributed by atoms with van der Waals surface area (Å²) in [6, 6.07) is 7.05. The van der Waals surface area contributed by atoms with E-state index in [-0.39, 0.29) is 5.84 Å². The van der Waals surface area contributed by atoms with Crippen LogP contribution in [0.15, 0.2) is 24.3 Å². The molecule has 0 aliphatic rings. The first-order valence-corrected chi connectivity index (χ1v) is 4.80. The normalized spacial score (nSPS) is 7.53. The van der Waals surface area contributed by atoms with E-state index in [0.717, 1.165) is 5.75 Å². The van der Waals surface area contributed by atoms with Crippen LogP contribution in [0, 0.1) is 5.41 Å². The predicted molar refractivity (Wildman–Crippen MR) is 65.5 cm³/mol. The molecule has 0 heterocycles. The zero-order valence-corrected chi connectivity index (χ0v) is 9.87. The third-order valence-corrected chi connectivity index (χ3v) is 1.40. The molecule has 0 unspecified atom stereocenters. The molecule has 0 aliphatic carbocycles. The number of methoxy groups -OCH3 is 1. The van der Waals surface area contributed by atoms with Crippen molar-refractivity contribution < 1.29 is 4.74 Å². The number of ether oxygens (including phenoxy) is 1. The third kappa shape index (κ3) is 6.51. The van der Waals surface area contributed by atoms with Gasteiger partial charge in [-0.15, -0.1) is 0 Å². The number of rotatable bonds is 2. The molecule has 4 nitrogen and oxygen atoms in total. The Bertz CT molecular complexity index is 257. The molecule has 4 heteroatoms. The van der Waals surface area contributed by atoms with Crippen molar-refractivity contribution in [3.63, 3.8) is 0 Å². The summed E-state index contributed by atoms with van der Waals surface area (Å²) in [5.41, 5.74) is 10.5. The summed E-state index contributed by atoms with van der Waals surface area (Å²) in [6.07, 6.45) is 0. The van der Waals surface area contributed by atoms with Crippen molar-refractivity contribution in [1.29, 1.82) is 5.41 Å². The van der Waals surface area contributed by atoms with E-state index >= 15 is 0 Å². The summed E-state index contributed by atoms with van der Waals surface area (Å²) in [6.45, 7) is 4.00. The van der Waals surface area contributed by atoms with E-state index in [1.165, 1.54) is 7.05 Å². The fourth-order valence-corrected chi connectivity index (χ4v) is 0.771. The van der Waals surface area contributed by atoms with Gasteiger partial charge in [0, 0.05) is 5.56 Å². The number of benzene rings is 1. The van der Waals surface area contributed by atoms with Crippen LogP contribution in [0.1, 0.15) is 19.4 Å². The Labute approximate surface area is 91.7 Å². The predicted octanol–water partition coefficient (Wildman–Crippen LogP) is 1.58. The van der Waals surface area contributed by atoms with E-state index in [1.54, 1.807) is 31.4 Å². The second-order valence-electron chi connectivity index (χ2n) is 2.14. The van der Waals surface area contributed by atoms with Crippen molar-refractivity contribution in [3.8, 4) is 5.75 Å². The van der Waals surface area contributed by atoms with Gasteiger partial charge in [0.25, 0.3) is 0 Å². The molecule has 1 aromatic carbocycles. The SMILES string of the molecule is CC.CN.COc1ccc(C(=N)N)cc1. The van der Waals surface area contributed by atoms with Crippen LogP contribution in [0.25, 0.3) is 0 Å². The molecule has 0 aliphatic heterocycles. The number of amidine groups is 1. The average molecular weight is 211 g/mol. The molecule has 0 radical (unpaired) electrons. The minimum Gasteiger partial charge on any atom is -0.497 e. The average Bonchev–Trinajstić information content (AvgIpc) is 2.34. The highest BCUT2D eigenvalue weighted by Gasteiger charge is 1.94. The molecule has 0 atom stereocenters. The molecule has 0 spiro atoms. The molecule has 15 heavy (non-hydrogen) atoms. The summed E-state index contributed by atoms with van der Waals surface area (Å²) in [5, 5.41) is 7.10. The molecule has 0 saturated heterocycles. The molecule has 0 aromatic heterocycles. The number of nitrogens with one attached hydrogen (secondary N) is 1. The maximum absolute atomic E-state index is 7.10. The van der Waals surface area contributed by atoms with Gasteiger partial charge < -0.3 is 16.2 Å². The molecule has 0 saturated carbocycles. The minimum atomic E-state index is 0.0765. The molecular weight excluding hydrogens is 190 g/mol. The smallest absolute Gasteiger partial charge is 0.122 e. The van der Waals surface area contributed by atoms with Gasteiger partial charge in [-0.3, -0.25) is 5.41 Å². The van der Waals surface area contributed by atoms with Gasteiger partial charge in [0.05, 0.1) is 7.11 Å². The minimum absolute atomic E-state index is 0.0765. The van der Waals surface area contributed by atoms with Gasteiger partial charge in [-0.25, -0.2) is 0 Å². The molecule has 0 bridgehead atoms. The van der Waals surface area contributed by atoms with E-state index < -0.39 is 0 Å². The lowest BCUT2D eigenvalue weighted by molar-refractivity contribution is 0.415. The molecule has 1 aromatic rings. The van der Waals surface area contributed by atoms with Crippen LogP contribution < -0.4 is 16.2 Å². The molecular formula is C11H21N3O. The number of hydrogen-bond acceptors (Lipinski definition) is 3. The van der Waals surface area contributed by atoms with Crippen molar-refractivity contribution in [2.75, 3.05) is 14.2 Å². The van der Waals surface area contributed by atoms with E-state index in [9.17, 15) is 0 Å². The standard InChI is InChI=1S/C8H10N2O.C2H6.CH5N/c1-11-7-4-2-6(3-5-7)8(9)10;2*1-2/h2-5H,1H3,(H3,9,10);1-2H3;2H2,1H3. The first-order valence-electron chi connectivity index (χ1n) is 4.80. The fourth-order valence-electron chi connectivity index (χ4n) is 0.771. The van der Waals surface area contributed by atoms with Gasteiger partial charge in [0.15, 0.2) is 0 Å². The van der Waals surface area contributed by atoms with Crippen molar-refractivity contribution in [1.82, 2.24) is 0 Å². The Morgan fingerprint density at radius 2 is 1.53 bits per heavy atom. The van der Waals surface area contributed by atoms with E-state index in [1.807, 2.05) is 13.8 Å². The summed E-state index contributed by atoms with van der Waals surface area (Å²) >= 11 is 0. The maximum Gasteiger partial charge on any atom is 0.122 e. The summed E-state index contributed by atoms with van der Waals surface area (Å²) in [5.74, 6) is 0.850. The lowest BCUT2D eigenvalue weighted by Gasteiger charge is -2.00. The van der Waals surface area contributed by atoms with Gasteiger partial charge in [0.1, 0.15) is 11.6 Å². The summed E-state index contributed by atoms with van der Waals surface area (Å²) < 4.78 is 4.94. The van der Waals surface area contributed by atoms with Gasteiger partial charge >= 0.3 is 0 Å².